The highest BCUT2D eigenvalue weighted by atomic mass is 32.2. The Morgan fingerprint density at radius 2 is 1.79 bits per heavy atom. The molecule has 0 N–H and O–H groups in total. The van der Waals surface area contributed by atoms with Crippen LogP contribution in [-0.4, -0.2) is 18.2 Å². The van der Waals surface area contributed by atoms with Crippen LogP contribution in [0.15, 0.2) is 65.6 Å². The normalized spacial score (nSPS) is 11.4. The molecule has 3 rings (SSSR count). The van der Waals surface area contributed by atoms with Crippen LogP contribution >= 0.6 is 0 Å². The van der Waals surface area contributed by atoms with Gasteiger partial charge in [0.15, 0.2) is 0 Å². The Morgan fingerprint density at radius 1 is 1.04 bits per heavy atom. The third kappa shape index (κ3) is 3.33. The van der Waals surface area contributed by atoms with Crippen molar-refractivity contribution in [2.75, 3.05) is 0 Å². The van der Waals surface area contributed by atoms with Gasteiger partial charge < -0.3 is 4.18 Å². The van der Waals surface area contributed by atoms with Crippen molar-refractivity contribution < 1.29 is 12.6 Å². The standard InChI is InChI=1S/C18H18N2O3S/c1-3-15-13-18(20(19-15)16-9-7-8-14(2)12-16)23-24(21,22)17-10-5-4-6-11-17/h4-13H,3H2,1-2H3. The van der Waals surface area contributed by atoms with Crippen molar-refractivity contribution in [2.45, 2.75) is 25.2 Å². The summed E-state index contributed by atoms with van der Waals surface area (Å²) >= 11 is 0. The van der Waals surface area contributed by atoms with E-state index in [4.69, 9.17) is 4.18 Å². The highest BCUT2D eigenvalue weighted by molar-refractivity contribution is 7.87. The van der Waals surface area contributed by atoms with Gasteiger partial charge in [-0.2, -0.15) is 18.2 Å². The minimum Gasteiger partial charge on any atom is -0.358 e. The highest BCUT2D eigenvalue weighted by Gasteiger charge is 2.20. The molecule has 0 unspecified atom stereocenters. The lowest BCUT2D eigenvalue weighted by molar-refractivity contribution is 0.465. The zero-order chi connectivity index (χ0) is 17.2. The van der Waals surface area contributed by atoms with Gasteiger partial charge in [0.05, 0.1) is 11.4 Å². The van der Waals surface area contributed by atoms with Gasteiger partial charge in [-0.05, 0) is 43.2 Å². The van der Waals surface area contributed by atoms with Crippen LogP contribution in [0.1, 0.15) is 18.2 Å². The number of nitrogens with zero attached hydrogens (tertiary/aromatic N) is 2. The molecule has 0 aliphatic carbocycles. The van der Waals surface area contributed by atoms with Crippen LogP contribution in [0.5, 0.6) is 5.88 Å². The van der Waals surface area contributed by atoms with Crippen LogP contribution in [0.3, 0.4) is 0 Å². The van der Waals surface area contributed by atoms with Gasteiger partial charge in [-0.3, -0.25) is 0 Å². The topological polar surface area (TPSA) is 61.2 Å². The van der Waals surface area contributed by atoms with Gasteiger partial charge in [-0.25, -0.2) is 0 Å². The molecule has 0 bridgehead atoms. The van der Waals surface area contributed by atoms with Crippen molar-refractivity contribution >= 4 is 10.1 Å². The lowest BCUT2D eigenvalue weighted by Crippen LogP contribution is -2.12. The van der Waals surface area contributed by atoms with Crippen molar-refractivity contribution in [3.8, 4) is 11.6 Å². The smallest absolute Gasteiger partial charge is 0.340 e. The fraction of sp³-hybridized carbons (Fsp3) is 0.167. The third-order valence-electron chi connectivity index (χ3n) is 3.56. The van der Waals surface area contributed by atoms with Gasteiger partial charge in [-0.15, -0.1) is 0 Å². The number of benzene rings is 2. The first-order valence-corrected chi connectivity index (χ1v) is 9.06. The van der Waals surface area contributed by atoms with Crippen LogP contribution in [-0.2, 0) is 16.5 Å². The molecule has 124 valence electrons. The Kier molecular flexibility index (Phi) is 4.40. The largest absolute Gasteiger partial charge is 0.358 e. The summed E-state index contributed by atoms with van der Waals surface area (Å²) in [5, 5.41) is 4.45. The quantitative estimate of drug-likeness (QED) is 0.666. The molecule has 24 heavy (non-hydrogen) atoms. The van der Waals surface area contributed by atoms with E-state index in [1.165, 1.54) is 16.8 Å². The van der Waals surface area contributed by atoms with Crippen molar-refractivity contribution in [1.29, 1.82) is 0 Å². The third-order valence-corrected chi connectivity index (χ3v) is 4.80. The second-order valence-corrected chi connectivity index (χ2v) is 6.98. The van der Waals surface area contributed by atoms with E-state index < -0.39 is 10.1 Å². The van der Waals surface area contributed by atoms with Gasteiger partial charge in [-0.1, -0.05) is 37.3 Å². The van der Waals surface area contributed by atoms with Crippen molar-refractivity contribution in [3.05, 3.63) is 71.9 Å². The second-order valence-electron chi connectivity index (χ2n) is 5.43. The van der Waals surface area contributed by atoms with Gasteiger partial charge in [0.1, 0.15) is 4.90 Å². The van der Waals surface area contributed by atoms with Gasteiger partial charge in [0, 0.05) is 6.07 Å². The van der Waals surface area contributed by atoms with E-state index in [9.17, 15) is 8.42 Å². The maximum atomic E-state index is 12.5. The van der Waals surface area contributed by atoms with E-state index in [-0.39, 0.29) is 10.8 Å². The summed E-state index contributed by atoms with van der Waals surface area (Å²) in [5.74, 6) is 0.182. The number of aromatic nitrogens is 2. The molecule has 0 radical (unpaired) electrons. The van der Waals surface area contributed by atoms with E-state index in [0.29, 0.717) is 6.42 Å². The average molecular weight is 342 g/mol. The molecular weight excluding hydrogens is 324 g/mol. The fourth-order valence-electron chi connectivity index (χ4n) is 2.33. The van der Waals surface area contributed by atoms with E-state index in [1.807, 2.05) is 38.1 Å². The van der Waals surface area contributed by atoms with Crippen molar-refractivity contribution in [2.24, 2.45) is 0 Å². The number of aryl methyl sites for hydroxylation is 2. The molecule has 3 aromatic rings. The highest BCUT2D eigenvalue weighted by Crippen LogP contribution is 2.24. The molecule has 0 aliphatic rings. The van der Waals surface area contributed by atoms with Crippen LogP contribution in [0.25, 0.3) is 5.69 Å². The van der Waals surface area contributed by atoms with Crippen LogP contribution < -0.4 is 4.18 Å². The summed E-state index contributed by atoms with van der Waals surface area (Å²) in [6.07, 6.45) is 0.681. The van der Waals surface area contributed by atoms with E-state index >= 15 is 0 Å². The van der Waals surface area contributed by atoms with Crippen molar-refractivity contribution in [1.82, 2.24) is 9.78 Å². The predicted octanol–water partition coefficient (Wildman–Crippen LogP) is 3.51. The SMILES string of the molecule is CCc1cc(OS(=O)(=O)c2ccccc2)n(-c2cccc(C)c2)n1. The average Bonchev–Trinajstić information content (AvgIpc) is 2.98. The molecule has 0 atom stereocenters. The minimum absolute atomic E-state index is 0.111. The molecule has 0 spiro atoms. The molecule has 2 aromatic carbocycles. The summed E-state index contributed by atoms with van der Waals surface area (Å²) in [4.78, 5) is 0.111. The summed E-state index contributed by atoms with van der Waals surface area (Å²) in [5.41, 5.74) is 2.57. The van der Waals surface area contributed by atoms with E-state index in [0.717, 1.165) is 16.9 Å². The van der Waals surface area contributed by atoms with Crippen molar-refractivity contribution in [3.63, 3.8) is 0 Å². The van der Waals surface area contributed by atoms with Crippen LogP contribution in [0, 0.1) is 6.92 Å². The zero-order valence-electron chi connectivity index (χ0n) is 13.5. The Balaban J connectivity index is 2.04. The van der Waals surface area contributed by atoms with E-state index in [2.05, 4.69) is 5.10 Å². The summed E-state index contributed by atoms with van der Waals surface area (Å²) < 4.78 is 31.9. The molecule has 5 nitrogen and oxygen atoms in total. The second kappa shape index (κ2) is 6.49. The zero-order valence-corrected chi connectivity index (χ0v) is 14.3. The Bertz CT molecular complexity index is 947. The number of hydrogen-bond donors (Lipinski definition) is 0. The first kappa shape index (κ1) is 16.3. The Labute approximate surface area is 141 Å². The van der Waals surface area contributed by atoms with Crippen LogP contribution in [0.4, 0.5) is 0 Å². The number of rotatable bonds is 5. The maximum absolute atomic E-state index is 12.5. The first-order valence-electron chi connectivity index (χ1n) is 7.65. The lowest BCUT2D eigenvalue weighted by atomic mass is 10.2. The molecule has 1 aromatic heterocycles. The molecule has 0 saturated heterocycles. The number of hydrogen-bond acceptors (Lipinski definition) is 4. The molecule has 1 heterocycles. The Hall–Kier alpha value is -2.60. The minimum atomic E-state index is -3.91. The predicted molar refractivity (Wildman–Crippen MR) is 91.9 cm³/mol. The summed E-state index contributed by atoms with van der Waals surface area (Å²) in [6, 6.07) is 17.4. The van der Waals surface area contributed by atoms with Gasteiger partial charge in [0.2, 0.25) is 5.88 Å². The molecule has 6 heteroatoms. The molecule has 0 fully saturated rings. The van der Waals surface area contributed by atoms with E-state index in [1.54, 1.807) is 24.3 Å². The Morgan fingerprint density at radius 3 is 2.46 bits per heavy atom. The molecule has 0 amide bonds. The summed E-state index contributed by atoms with van der Waals surface area (Å²) in [6.45, 7) is 3.92. The monoisotopic (exact) mass is 342 g/mol. The van der Waals surface area contributed by atoms with Gasteiger partial charge in [0.25, 0.3) is 0 Å². The fourth-order valence-corrected chi connectivity index (χ4v) is 3.26. The molecule has 0 saturated carbocycles. The first-order chi connectivity index (χ1) is 11.5. The molecular formula is C18H18N2O3S. The maximum Gasteiger partial charge on any atom is 0.340 e. The lowest BCUT2D eigenvalue weighted by Gasteiger charge is -2.09. The van der Waals surface area contributed by atoms with Gasteiger partial charge >= 0.3 is 10.1 Å². The molecule has 0 aliphatic heterocycles. The summed E-state index contributed by atoms with van der Waals surface area (Å²) in [7, 11) is -3.91. The van der Waals surface area contributed by atoms with Crippen LogP contribution in [0.2, 0.25) is 0 Å².